The molecule has 15 rings (SSSR count). The number of amides is 3. The summed E-state index contributed by atoms with van der Waals surface area (Å²) >= 11 is 97.8. The molecule has 0 aliphatic carbocycles. The van der Waals surface area contributed by atoms with Gasteiger partial charge in [-0.05, 0) is 151 Å². The molecule has 12 heterocycles. The maximum absolute atomic E-state index is 14.6. The van der Waals surface area contributed by atoms with Crippen LogP contribution in [0.1, 0.15) is 151 Å². The average molecular weight is 2200 g/mol. The molecule has 27 nitrogen and oxygen atoms in total. The minimum absolute atomic E-state index is 0.00262. The van der Waals surface area contributed by atoms with Crippen molar-refractivity contribution in [3.63, 3.8) is 0 Å². The van der Waals surface area contributed by atoms with Gasteiger partial charge in [-0.3, -0.25) is 57.4 Å². The van der Waals surface area contributed by atoms with Gasteiger partial charge in [0.05, 0.1) is 129 Å². The Hall–Kier alpha value is -10.6. The van der Waals surface area contributed by atoms with Crippen LogP contribution in [0, 0.1) is 54.8 Å². The fraction of sp³-hybridized carbons (Fsp3) is 0.303. The Bertz CT molecular complexity index is 6850. The van der Waals surface area contributed by atoms with Gasteiger partial charge in [0, 0.05) is 127 Å². The van der Waals surface area contributed by atoms with Crippen LogP contribution in [0.3, 0.4) is 0 Å². The van der Waals surface area contributed by atoms with E-state index >= 15 is 0 Å². The number of carbonyl (C=O) groups excluding carboxylic acids is 3. The molecule has 3 aromatic carbocycles. The number of benzene rings is 3. The molecule has 0 bridgehead atoms. The summed E-state index contributed by atoms with van der Waals surface area (Å²) in [6.45, 7) is 41.2. The number of aromatic nitrogens is 9. The van der Waals surface area contributed by atoms with Crippen molar-refractivity contribution in [2.75, 3.05) is 54.0 Å². The number of rotatable bonds is 15. The van der Waals surface area contributed by atoms with Crippen LogP contribution in [0.5, 0.6) is 17.2 Å². The number of phenolic OH excluding ortho intramolecular Hbond substituents is 3. The summed E-state index contributed by atoms with van der Waals surface area (Å²) in [7, 11) is 0. The summed E-state index contributed by atoms with van der Waals surface area (Å²) < 4.78 is 4.08. The number of aromatic hydroxyl groups is 3. The molecule has 0 spiro atoms. The van der Waals surface area contributed by atoms with E-state index in [9.17, 15) is 59.9 Å². The number of hydrogen-bond acceptors (Lipinski definition) is 21. The number of phenols is 3. The first-order valence-corrected chi connectivity index (χ1v) is 49.3. The van der Waals surface area contributed by atoms with Crippen LogP contribution in [0.25, 0.3) is 83.9 Å². The molecule has 3 N–H and O–H groups in total. The minimum Gasteiger partial charge on any atom is -0.505 e. The minimum atomic E-state index is -0.632. The van der Waals surface area contributed by atoms with Crippen molar-refractivity contribution < 1.29 is 29.7 Å². The fourth-order valence-corrected chi connectivity index (χ4v) is 22.7. The van der Waals surface area contributed by atoms with Crippen LogP contribution < -0.4 is 31.4 Å². The Morgan fingerprint density at radius 1 is 0.362 bits per heavy atom. The van der Waals surface area contributed by atoms with E-state index < -0.39 is 33.9 Å². The lowest BCUT2D eigenvalue weighted by atomic mass is 10.0. The van der Waals surface area contributed by atoms with E-state index in [0.29, 0.717) is 123 Å². The third-order valence-corrected chi connectivity index (χ3v) is 30.7. The predicted molar refractivity (Wildman–Crippen MR) is 567 cm³/mol. The van der Waals surface area contributed by atoms with Gasteiger partial charge >= 0.3 is 0 Å². The highest BCUT2D eigenvalue weighted by Crippen LogP contribution is 2.56. The highest BCUT2D eigenvalue weighted by Gasteiger charge is 2.42. The van der Waals surface area contributed by atoms with Gasteiger partial charge < -0.3 is 44.7 Å². The number of anilines is 3. The van der Waals surface area contributed by atoms with Gasteiger partial charge in [-0.1, -0.05) is 235 Å². The van der Waals surface area contributed by atoms with E-state index in [-0.39, 0.29) is 214 Å². The Kier molecular flexibility index (Phi) is 32.7. The second-order valence-electron chi connectivity index (χ2n) is 35.1. The van der Waals surface area contributed by atoms with E-state index in [4.69, 9.17) is 189 Å². The first-order chi connectivity index (χ1) is 66.5. The standard InChI is InChI=1S/3C33H29Cl5N6O3/c3*1-7-21(45)43-16(5)12-42(13-17(43)6)30-18-10-20(34)28(22-23(35)25(37)26(38)31(46)24(22)36)41-32(18)44(33(47)19(30)11-39)29-15(4)8-9-40-27(29)14(2)3/h3*7-10,14,16-17,46H,1,12-13H2,2-6H3/t3*16-,17+. The number of fused-ring (bicyclic) bond motifs is 3. The van der Waals surface area contributed by atoms with Crippen LogP contribution in [-0.2, 0) is 14.4 Å². The van der Waals surface area contributed by atoms with Crippen LogP contribution in [0.2, 0.25) is 75.3 Å². The molecule has 141 heavy (non-hydrogen) atoms. The lowest BCUT2D eigenvalue weighted by molar-refractivity contribution is -0.131. The van der Waals surface area contributed by atoms with Crippen LogP contribution in [0.15, 0.2) is 107 Å². The highest BCUT2D eigenvalue weighted by molar-refractivity contribution is 6.55. The van der Waals surface area contributed by atoms with Gasteiger partial charge in [0.15, 0.2) is 17.2 Å². The van der Waals surface area contributed by atoms with Crippen LogP contribution >= 0.6 is 174 Å². The number of hydrogen-bond donors (Lipinski definition) is 3. The number of pyridine rings is 9. The zero-order valence-corrected chi connectivity index (χ0v) is 89.3. The van der Waals surface area contributed by atoms with E-state index in [2.05, 4.69) is 52.9 Å². The quantitative estimate of drug-likeness (QED) is 0.0487. The first kappa shape index (κ1) is 108. The molecule has 0 unspecified atom stereocenters. The van der Waals surface area contributed by atoms with Gasteiger partial charge in [-0.2, -0.15) is 15.8 Å². The van der Waals surface area contributed by atoms with Crippen molar-refractivity contribution >= 4 is 242 Å². The summed E-state index contributed by atoms with van der Waals surface area (Å²) in [6, 6.07) is 14.7. The Morgan fingerprint density at radius 3 is 0.766 bits per heavy atom. The van der Waals surface area contributed by atoms with Crippen LogP contribution in [-0.4, -0.2) is 167 Å². The van der Waals surface area contributed by atoms with Crippen LogP contribution in [0.4, 0.5) is 17.1 Å². The average Bonchev–Trinajstić information content (AvgIpc) is 0.725. The van der Waals surface area contributed by atoms with Crippen molar-refractivity contribution in [2.24, 2.45) is 0 Å². The maximum atomic E-state index is 14.6. The molecule has 0 saturated carbocycles. The molecule has 12 aromatic rings. The summed E-state index contributed by atoms with van der Waals surface area (Å²) in [6.07, 6.45) is 8.77. The van der Waals surface area contributed by atoms with Crippen molar-refractivity contribution in [1.82, 2.24) is 58.3 Å². The Balaban J connectivity index is 0.000000178. The van der Waals surface area contributed by atoms with E-state index in [1.165, 1.54) is 31.9 Å². The number of nitrogens with zero attached hydrogens (tertiary/aromatic N) is 18. The zero-order chi connectivity index (χ0) is 104. The molecule has 732 valence electrons. The third-order valence-electron chi connectivity index (χ3n) is 24.8. The lowest BCUT2D eigenvalue weighted by Gasteiger charge is -2.45. The monoisotopic (exact) mass is 2200 g/mol. The first-order valence-electron chi connectivity index (χ1n) is 43.7. The molecule has 3 fully saturated rings. The zero-order valence-electron chi connectivity index (χ0n) is 78.0. The van der Waals surface area contributed by atoms with Gasteiger partial charge in [-0.15, -0.1) is 0 Å². The third kappa shape index (κ3) is 19.1. The van der Waals surface area contributed by atoms with Gasteiger partial charge in [0.25, 0.3) is 16.7 Å². The molecule has 3 aliphatic heterocycles. The fourth-order valence-electron chi connectivity index (χ4n) is 18.7. The van der Waals surface area contributed by atoms with Crippen molar-refractivity contribution in [1.29, 1.82) is 15.8 Å². The second-order valence-corrected chi connectivity index (χ2v) is 40.9. The normalized spacial score (nSPS) is 16.6. The molecule has 6 atom stereocenters. The topological polar surface area (TPSA) is 346 Å². The predicted octanol–water partition coefficient (Wildman–Crippen LogP) is 25.0. The molecule has 3 amide bonds. The molecular weight excluding hydrogens is 2120 g/mol. The summed E-state index contributed by atoms with van der Waals surface area (Å²) in [5, 5.41) is 62.6. The van der Waals surface area contributed by atoms with Crippen molar-refractivity contribution in [3.8, 4) is 86.3 Å². The number of halogens is 15. The molecule has 0 radical (unpaired) electrons. The maximum Gasteiger partial charge on any atom is 0.276 e. The van der Waals surface area contributed by atoms with Gasteiger partial charge in [-0.25, -0.2) is 15.0 Å². The number of nitriles is 3. The van der Waals surface area contributed by atoms with E-state index in [1.54, 1.807) is 69.7 Å². The van der Waals surface area contributed by atoms with E-state index in [1.807, 2.05) is 119 Å². The molecular formula is C99H87Cl15N18O9. The number of aryl methyl sites for hydroxylation is 3. The second kappa shape index (κ2) is 42.8. The summed E-state index contributed by atoms with van der Waals surface area (Å²) in [5.74, 6) is -2.55. The highest BCUT2D eigenvalue weighted by atomic mass is 35.5. The summed E-state index contributed by atoms with van der Waals surface area (Å²) in [4.78, 5) is 121. The number of piperazine rings is 3. The van der Waals surface area contributed by atoms with E-state index in [0.717, 1.165) is 0 Å². The largest absolute Gasteiger partial charge is 0.505 e. The molecule has 9 aromatic heterocycles. The van der Waals surface area contributed by atoms with Gasteiger partial charge in [0.1, 0.15) is 66.9 Å². The molecule has 3 saturated heterocycles. The Morgan fingerprint density at radius 2 is 0.574 bits per heavy atom. The smallest absolute Gasteiger partial charge is 0.276 e. The number of carbonyl (C=O) groups is 3. The lowest BCUT2D eigenvalue weighted by Crippen LogP contribution is -2.58. The molecule has 3 aliphatic rings. The Labute approximate surface area is 885 Å². The summed E-state index contributed by atoms with van der Waals surface area (Å²) in [5.41, 5.74) is 4.41. The SMILES string of the molecule is C=CC(=O)N1[C@H](C)CN(c2c(C#N)c(=O)n(-c3c(C)ccnc3C(C)C)c3nc(-c4c(Cl)c(O)c(Cl)c(Cl)c4Cl)c(Cl)cc23)C[C@@H]1C.C=CC(=O)N1[C@H](C)CN(c2c(C#N)c(=O)n(-c3c(C)ccnc3C(C)C)c3nc(-c4c(Cl)c(O)c(Cl)c(Cl)c4Cl)c(Cl)cc23)C[C@@H]1C.C=CC(=O)N1[C@H](C)CN(c2c(C#N)c(=O)n(-c3c(C)ccnc3C(C)C)c3nc(-c4c(Cl)c(O)c(Cl)c(Cl)c4Cl)c(Cl)cc23)C[C@@H]1C. The van der Waals surface area contributed by atoms with Crippen molar-refractivity contribution in [2.45, 2.75) is 158 Å². The van der Waals surface area contributed by atoms with Gasteiger partial charge in [0.2, 0.25) is 17.7 Å². The van der Waals surface area contributed by atoms with Crippen molar-refractivity contribution in [3.05, 3.63) is 250 Å². The molecule has 42 heteroatoms.